The number of nitrogens with zero attached hydrogens (tertiary/aromatic N) is 1. The molecule has 0 fully saturated rings. The summed E-state index contributed by atoms with van der Waals surface area (Å²) in [7, 11) is 0. The summed E-state index contributed by atoms with van der Waals surface area (Å²) in [6.07, 6.45) is 0. The second-order valence-corrected chi connectivity index (χ2v) is 6.30. The molecule has 0 saturated carbocycles. The SMILES string of the molecule is C[C@H](c1ccccc1)[C@H]1C(C#N)=C(N)Oc2c1c(=O)oc1ccccc21. The highest BCUT2D eigenvalue weighted by atomic mass is 16.5. The molecule has 0 saturated heterocycles. The Morgan fingerprint density at radius 1 is 1.12 bits per heavy atom. The van der Waals surface area contributed by atoms with E-state index in [-0.39, 0.29) is 17.4 Å². The van der Waals surface area contributed by atoms with Crippen molar-refractivity contribution in [2.24, 2.45) is 5.73 Å². The fourth-order valence-corrected chi connectivity index (χ4v) is 3.55. The highest BCUT2D eigenvalue weighted by molar-refractivity contribution is 5.85. The Bertz CT molecular complexity index is 1120. The van der Waals surface area contributed by atoms with Crippen molar-refractivity contribution in [2.75, 3.05) is 0 Å². The van der Waals surface area contributed by atoms with E-state index in [0.29, 0.717) is 22.3 Å². The molecule has 1 aliphatic rings. The van der Waals surface area contributed by atoms with Gasteiger partial charge in [0.1, 0.15) is 11.7 Å². The van der Waals surface area contributed by atoms with Crippen LogP contribution in [0.1, 0.15) is 29.9 Å². The normalized spacial score (nSPS) is 17.3. The van der Waals surface area contributed by atoms with Crippen molar-refractivity contribution < 1.29 is 9.15 Å². The van der Waals surface area contributed by atoms with E-state index in [0.717, 1.165) is 5.56 Å². The Kier molecular flexibility index (Phi) is 3.74. The second kappa shape index (κ2) is 6.08. The standard InChI is InChI=1S/C21H16N2O3/c1-12(13-7-3-2-4-8-13)17-15(11-22)20(23)26-19-14-9-5-6-10-16(14)25-21(24)18(17)19/h2-10,12,17H,23H2,1H3/t12-,17+/m1/s1. The molecule has 5 heteroatoms. The number of rotatable bonds is 2. The van der Waals surface area contributed by atoms with Gasteiger partial charge in [0.25, 0.3) is 0 Å². The Labute approximate surface area is 149 Å². The van der Waals surface area contributed by atoms with Crippen LogP contribution in [0.15, 0.2) is 75.3 Å². The van der Waals surface area contributed by atoms with E-state index in [2.05, 4.69) is 6.07 Å². The van der Waals surface area contributed by atoms with Crippen LogP contribution in [0, 0.1) is 11.3 Å². The first-order valence-corrected chi connectivity index (χ1v) is 8.30. The molecule has 2 atom stereocenters. The van der Waals surface area contributed by atoms with Crippen molar-refractivity contribution in [3.05, 3.63) is 87.6 Å². The second-order valence-electron chi connectivity index (χ2n) is 6.30. The summed E-state index contributed by atoms with van der Waals surface area (Å²) < 4.78 is 11.2. The molecule has 4 rings (SSSR count). The lowest BCUT2D eigenvalue weighted by atomic mass is 9.77. The van der Waals surface area contributed by atoms with E-state index in [1.807, 2.05) is 49.4 Å². The van der Waals surface area contributed by atoms with Crippen molar-refractivity contribution in [3.63, 3.8) is 0 Å². The zero-order valence-corrected chi connectivity index (χ0v) is 14.1. The maximum Gasteiger partial charge on any atom is 0.343 e. The van der Waals surface area contributed by atoms with E-state index < -0.39 is 11.5 Å². The summed E-state index contributed by atoms with van der Waals surface area (Å²) in [5, 5.41) is 10.3. The smallest absolute Gasteiger partial charge is 0.343 e. The third kappa shape index (κ3) is 2.35. The largest absolute Gasteiger partial charge is 0.439 e. The number of nitrogens with two attached hydrogens (primary N) is 1. The van der Waals surface area contributed by atoms with Gasteiger partial charge in [0.15, 0.2) is 5.75 Å². The molecule has 0 amide bonds. The van der Waals surface area contributed by atoms with Gasteiger partial charge in [-0.15, -0.1) is 0 Å². The molecule has 0 bridgehead atoms. The minimum absolute atomic E-state index is 0.0311. The molecule has 0 spiro atoms. The van der Waals surface area contributed by atoms with Crippen LogP contribution in [-0.4, -0.2) is 0 Å². The number of hydrogen-bond acceptors (Lipinski definition) is 5. The molecule has 1 aromatic heterocycles. The lowest BCUT2D eigenvalue weighted by Crippen LogP contribution is -2.28. The minimum Gasteiger partial charge on any atom is -0.439 e. The quantitative estimate of drug-likeness (QED) is 0.715. The van der Waals surface area contributed by atoms with E-state index in [1.165, 1.54) is 0 Å². The number of nitriles is 1. The first-order chi connectivity index (χ1) is 12.6. The van der Waals surface area contributed by atoms with E-state index >= 15 is 0 Å². The first-order valence-electron chi connectivity index (χ1n) is 8.30. The van der Waals surface area contributed by atoms with Gasteiger partial charge in [0.05, 0.1) is 16.5 Å². The monoisotopic (exact) mass is 344 g/mol. The summed E-state index contributed by atoms with van der Waals surface area (Å²) >= 11 is 0. The molecule has 0 aliphatic carbocycles. The van der Waals surface area contributed by atoms with Gasteiger partial charge in [-0.05, 0) is 23.6 Å². The molecule has 1 aliphatic heterocycles. The van der Waals surface area contributed by atoms with Crippen molar-refractivity contribution in [2.45, 2.75) is 18.8 Å². The van der Waals surface area contributed by atoms with Gasteiger partial charge >= 0.3 is 5.63 Å². The Balaban J connectivity index is 2.01. The van der Waals surface area contributed by atoms with Crippen molar-refractivity contribution >= 4 is 11.0 Å². The molecule has 5 nitrogen and oxygen atoms in total. The molecular formula is C21H16N2O3. The van der Waals surface area contributed by atoms with Gasteiger partial charge in [-0.1, -0.05) is 49.4 Å². The fraction of sp³-hybridized carbons (Fsp3) is 0.143. The van der Waals surface area contributed by atoms with Gasteiger partial charge in [0.2, 0.25) is 5.88 Å². The van der Waals surface area contributed by atoms with Crippen molar-refractivity contribution in [3.8, 4) is 11.8 Å². The zero-order valence-electron chi connectivity index (χ0n) is 14.1. The van der Waals surface area contributed by atoms with E-state index in [4.69, 9.17) is 14.9 Å². The van der Waals surface area contributed by atoms with Crippen LogP contribution in [0.4, 0.5) is 0 Å². The third-order valence-corrected chi connectivity index (χ3v) is 4.84. The average Bonchev–Trinajstić information content (AvgIpc) is 2.67. The van der Waals surface area contributed by atoms with Crippen LogP contribution < -0.4 is 16.1 Å². The number of hydrogen-bond donors (Lipinski definition) is 1. The predicted molar refractivity (Wildman–Crippen MR) is 97.5 cm³/mol. The molecule has 3 aromatic rings. The van der Waals surface area contributed by atoms with Crippen LogP contribution in [-0.2, 0) is 0 Å². The lowest BCUT2D eigenvalue weighted by molar-refractivity contribution is 0.374. The highest BCUT2D eigenvalue weighted by Crippen LogP contribution is 2.46. The minimum atomic E-state index is -0.535. The van der Waals surface area contributed by atoms with E-state index in [1.54, 1.807) is 12.1 Å². The molecule has 0 radical (unpaired) electrons. The molecular weight excluding hydrogens is 328 g/mol. The van der Waals surface area contributed by atoms with Gasteiger partial charge in [-0.3, -0.25) is 0 Å². The van der Waals surface area contributed by atoms with Crippen LogP contribution in [0.5, 0.6) is 5.75 Å². The summed E-state index contributed by atoms with van der Waals surface area (Å²) in [6, 6.07) is 19.0. The number of para-hydroxylation sites is 1. The van der Waals surface area contributed by atoms with Gasteiger partial charge < -0.3 is 14.9 Å². The van der Waals surface area contributed by atoms with E-state index in [9.17, 15) is 10.1 Å². The summed E-state index contributed by atoms with van der Waals surface area (Å²) in [6.45, 7) is 1.97. The lowest BCUT2D eigenvalue weighted by Gasteiger charge is -2.29. The zero-order chi connectivity index (χ0) is 18.3. The molecule has 26 heavy (non-hydrogen) atoms. The predicted octanol–water partition coefficient (Wildman–Crippen LogP) is 3.77. The summed E-state index contributed by atoms with van der Waals surface area (Å²) in [5.41, 5.74) is 7.56. The fourth-order valence-electron chi connectivity index (χ4n) is 3.55. The maximum atomic E-state index is 12.8. The molecule has 2 N–H and O–H groups in total. The molecule has 128 valence electrons. The van der Waals surface area contributed by atoms with Crippen LogP contribution >= 0.6 is 0 Å². The Morgan fingerprint density at radius 3 is 2.54 bits per heavy atom. The third-order valence-electron chi connectivity index (χ3n) is 4.84. The molecule has 0 unspecified atom stereocenters. The Morgan fingerprint density at radius 2 is 1.81 bits per heavy atom. The topological polar surface area (TPSA) is 89.3 Å². The number of fused-ring (bicyclic) bond motifs is 3. The maximum absolute atomic E-state index is 12.8. The van der Waals surface area contributed by atoms with Crippen molar-refractivity contribution in [1.82, 2.24) is 0 Å². The van der Waals surface area contributed by atoms with Crippen molar-refractivity contribution in [1.29, 1.82) is 5.26 Å². The number of allylic oxidation sites excluding steroid dienone is 1. The van der Waals surface area contributed by atoms with Crippen LogP contribution in [0.2, 0.25) is 0 Å². The number of benzene rings is 2. The average molecular weight is 344 g/mol. The van der Waals surface area contributed by atoms with Gasteiger partial charge in [-0.25, -0.2) is 4.79 Å². The van der Waals surface area contributed by atoms with Gasteiger partial charge in [0, 0.05) is 5.92 Å². The van der Waals surface area contributed by atoms with Gasteiger partial charge in [-0.2, -0.15) is 5.26 Å². The highest BCUT2D eigenvalue weighted by Gasteiger charge is 2.38. The molecule has 2 heterocycles. The van der Waals surface area contributed by atoms with Crippen LogP contribution in [0.3, 0.4) is 0 Å². The summed E-state index contributed by atoms with van der Waals surface area (Å²) in [5.74, 6) is -0.284. The summed E-state index contributed by atoms with van der Waals surface area (Å²) in [4.78, 5) is 12.8. The Hall–Kier alpha value is -3.52. The number of ether oxygens (including phenoxy) is 1. The molecule has 2 aromatic carbocycles. The van der Waals surface area contributed by atoms with Crippen LogP contribution in [0.25, 0.3) is 11.0 Å². The first kappa shape index (κ1) is 16.0.